The average molecular weight is 435 g/mol. The Hall–Kier alpha value is -4.32. The number of anilines is 2. The Morgan fingerprint density at radius 3 is 2.15 bits per heavy atom. The van der Waals surface area contributed by atoms with E-state index in [4.69, 9.17) is 0 Å². The lowest BCUT2D eigenvalue weighted by atomic mass is 10.0. The topological polar surface area (TPSA) is 64.1 Å². The van der Waals surface area contributed by atoms with Gasteiger partial charge < -0.3 is 10.0 Å². The maximum absolute atomic E-state index is 14.0. The Labute approximate surface area is 191 Å². The maximum Gasteiger partial charge on any atom is 0.270 e. The highest BCUT2D eigenvalue weighted by Gasteiger charge is 2.45. The van der Waals surface area contributed by atoms with E-state index < -0.39 is 0 Å². The van der Waals surface area contributed by atoms with Crippen molar-refractivity contribution in [2.24, 2.45) is 0 Å². The molecule has 1 saturated heterocycles. The number of amides is 2. The first-order valence-corrected chi connectivity index (χ1v) is 11.0. The number of para-hydroxylation sites is 2. The second-order valence-electron chi connectivity index (χ2n) is 8.22. The van der Waals surface area contributed by atoms with E-state index in [9.17, 15) is 14.7 Å². The first-order valence-electron chi connectivity index (χ1n) is 11.0. The van der Waals surface area contributed by atoms with Crippen molar-refractivity contribution in [1.82, 2.24) is 4.90 Å². The summed E-state index contributed by atoms with van der Waals surface area (Å²) in [5.41, 5.74) is 3.27. The number of rotatable bonds is 2. The van der Waals surface area contributed by atoms with E-state index in [1.54, 1.807) is 20.8 Å². The van der Waals surface area contributed by atoms with Crippen molar-refractivity contribution < 1.29 is 14.7 Å². The van der Waals surface area contributed by atoms with Crippen LogP contribution in [0.3, 0.4) is 0 Å². The molecule has 33 heavy (non-hydrogen) atoms. The molecule has 0 aliphatic carbocycles. The predicted molar refractivity (Wildman–Crippen MR) is 126 cm³/mol. The third-order valence-corrected chi connectivity index (χ3v) is 6.35. The highest BCUT2D eigenvalue weighted by molar-refractivity contribution is 6.30. The van der Waals surface area contributed by atoms with Crippen LogP contribution in [0.1, 0.15) is 28.8 Å². The van der Waals surface area contributed by atoms with Crippen molar-refractivity contribution in [2.45, 2.75) is 12.8 Å². The van der Waals surface area contributed by atoms with Gasteiger partial charge in [-0.3, -0.25) is 19.4 Å². The molecule has 6 rings (SSSR count). The fraction of sp³-hybridized carbons (Fsp3) is 0.111. The SMILES string of the molecule is O=C1c2ccccc2N2C(O)=C(c3ccccc3)C(=O)N(c3ccccc3)C2=C2CCCN12. The predicted octanol–water partition coefficient (Wildman–Crippen LogP) is 4.89. The quantitative estimate of drug-likeness (QED) is 0.623. The molecule has 0 atom stereocenters. The minimum absolute atomic E-state index is 0.116. The number of fused-ring (bicyclic) bond motifs is 4. The molecular weight excluding hydrogens is 414 g/mol. The van der Waals surface area contributed by atoms with Crippen LogP contribution in [0.25, 0.3) is 5.57 Å². The van der Waals surface area contributed by atoms with E-state index in [0.29, 0.717) is 41.3 Å². The number of aliphatic hydroxyl groups is 1. The van der Waals surface area contributed by atoms with Gasteiger partial charge in [0, 0.05) is 6.54 Å². The Balaban J connectivity index is 1.72. The van der Waals surface area contributed by atoms with E-state index in [0.717, 1.165) is 12.1 Å². The molecule has 0 radical (unpaired) electrons. The largest absolute Gasteiger partial charge is 0.494 e. The van der Waals surface area contributed by atoms with Crippen molar-refractivity contribution in [1.29, 1.82) is 0 Å². The number of hydrogen-bond acceptors (Lipinski definition) is 4. The van der Waals surface area contributed by atoms with Crippen molar-refractivity contribution in [2.75, 3.05) is 16.3 Å². The summed E-state index contributed by atoms with van der Waals surface area (Å²) in [6.07, 6.45) is 1.43. The minimum atomic E-state index is -0.331. The van der Waals surface area contributed by atoms with Gasteiger partial charge in [0.25, 0.3) is 11.8 Å². The molecule has 3 aliphatic rings. The molecule has 6 nitrogen and oxygen atoms in total. The van der Waals surface area contributed by atoms with Gasteiger partial charge >= 0.3 is 0 Å². The van der Waals surface area contributed by atoms with Gasteiger partial charge in [0.2, 0.25) is 5.88 Å². The summed E-state index contributed by atoms with van der Waals surface area (Å²) in [6.45, 7) is 0.576. The van der Waals surface area contributed by atoms with Crippen LogP contribution < -0.4 is 9.80 Å². The van der Waals surface area contributed by atoms with E-state index in [1.165, 1.54) is 0 Å². The van der Waals surface area contributed by atoms with Gasteiger partial charge in [-0.05, 0) is 42.7 Å². The van der Waals surface area contributed by atoms with Crippen LogP contribution in [0.5, 0.6) is 0 Å². The molecule has 1 fully saturated rings. The fourth-order valence-electron chi connectivity index (χ4n) is 4.90. The Bertz CT molecular complexity index is 1350. The molecule has 0 saturated carbocycles. The number of carbonyl (C=O) groups excluding carboxylic acids is 2. The molecule has 2 amide bonds. The lowest BCUT2D eigenvalue weighted by Crippen LogP contribution is -2.46. The second kappa shape index (κ2) is 7.38. The molecule has 0 spiro atoms. The number of hydrogen-bond donors (Lipinski definition) is 1. The average Bonchev–Trinajstić information content (AvgIpc) is 3.31. The highest BCUT2D eigenvalue weighted by Crippen LogP contribution is 2.45. The van der Waals surface area contributed by atoms with Gasteiger partial charge in [0.1, 0.15) is 11.4 Å². The molecule has 0 bridgehead atoms. The number of allylic oxidation sites excluding steroid dienone is 1. The van der Waals surface area contributed by atoms with Crippen LogP contribution >= 0.6 is 0 Å². The van der Waals surface area contributed by atoms with Crippen molar-refractivity contribution in [3.63, 3.8) is 0 Å². The van der Waals surface area contributed by atoms with E-state index in [-0.39, 0.29) is 23.3 Å². The first kappa shape index (κ1) is 19.4. The molecule has 3 aromatic carbocycles. The van der Waals surface area contributed by atoms with Gasteiger partial charge in [-0.1, -0.05) is 60.7 Å². The number of aliphatic hydroxyl groups excluding tert-OH is 1. The van der Waals surface area contributed by atoms with Crippen LogP contribution in [0.2, 0.25) is 0 Å². The zero-order chi connectivity index (χ0) is 22.5. The highest BCUT2D eigenvalue weighted by atomic mass is 16.3. The fourth-order valence-corrected chi connectivity index (χ4v) is 4.90. The summed E-state index contributed by atoms with van der Waals surface area (Å²) in [5, 5.41) is 11.6. The Morgan fingerprint density at radius 1 is 0.727 bits per heavy atom. The van der Waals surface area contributed by atoms with Gasteiger partial charge in [0.15, 0.2) is 0 Å². The van der Waals surface area contributed by atoms with Gasteiger partial charge in [0.05, 0.1) is 22.6 Å². The summed E-state index contributed by atoms with van der Waals surface area (Å²) in [4.78, 5) is 32.6. The minimum Gasteiger partial charge on any atom is -0.494 e. The molecule has 0 unspecified atom stereocenters. The second-order valence-corrected chi connectivity index (χ2v) is 8.22. The monoisotopic (exact) mass is 435 g/mol. The van der Waals surface area contributed by atoms with Crippen molar-refractivity contribution in [3.8, 4) is 0 Å². The maximum atomic E-state index is 14.0. The van der Waals surface area contributed by atoms with Crippen LogP contribution in [0.4, 0.5) is 11.4 Å². The molecule has 1 N–H and O–H groups in total. The third-order valence-electron chi connectivity index (χ3n) is 6.35. The normalized spacial score (nSPS) is 17.8. The van der Waals surface area contributed by atoms with Crippen LogP contribution in [0.15, 0.2) is 102 Å². The molecule has 162 valence electrons. The van der Waals surface area contributed by atoms with Gasteiger partial charge in [-0.2, -0.15) is 0 Å². The molecule has 6 heteroatoms. The van der Waals surface area contributed by atoms with E-state index in [2.05, 4.69) is 0 Å². The van der Waals surface area contributed by atoms with Crippen molar-refractivity contribution >= 4 is 28.8 Å². The number of nitrogens with zero attached hydrogens (tertiary/aromatic N) is 3. The van der Waals surface area contributed by atoms with Crippen LogP contribution in [-0.4, -0.2) is 28.4 Å². The van der Waals surface area contributed by atoms with E-state index in [1.807, 2.05) is 78.9 Å². The van der Waals surface area contributed by atoms with Gasteiger partial charge in [-0.15, -0.1) is 0 Å². The molecule has 3 aromatic rings. The lowest BCUT2D eigenvalue weighted by molar-refractivity contribution is -0.113. The summed E-state index contributed by atoms with van der Waals surface area (Å²) in [6, 6.07) is 25.8. The standard InChI is InChI=1S/C27H21N3O3/c31-25-20-14-7-8-15-21(20)30-24(22-16-9-17-28(22)25)29(19-12-5-2-6-13-19)26(32)23(27(30)33)18-10-3-1-4-11-18/h1-8,10-15,33H,9,16-17H2. The van der Waals surface area contributed by atoms with Crippen LogP contribution in [0, 0.1) is 0 Å². The zero-order valence-electron chi connectivity index (χ0n) is 17.8. The van der Waals surface area contributed by atoms with Crippen molar-refractivity contribution in [3.05, 3.63) is 113 Å². The Kier molecular flexibility index (Phi) is 4.33. The zero-order valence-corrected chi connectivity index (χ0v) is 17.8. The first-order chi connectivity index (χ1) is 16.2. The lowest BCUT2D eigenvalue weighted by Gasteiger charge is -2.40. The summed E-state index contributed by atoms with van der Waals surface area (Å²) < 4.78 is 0. The number of benzene rings is 3. The Morgan fingerprint density at radius 2 is 1.39 bits per heavy atom. The summed E-state index contributed by atoms with van der Waals surface area (Å²) >= 11 is 0. The van der Waals surface area contributed by atoms with Gasteiger partial charge in [-0.25, -0.2) is 0 Å². The van der Waals surface area contributed by atoms with E-state index >= 15 is 0 Å². The summed E-state index contributed by atoms with van der Waals surface area (Å²) in [5.74, 6) is -0.106. The smallest absolute Gasteiger partial charge is 0.270 e. The summed E-state index contributed by atoms with van der Waals surface area (Å²) in [7, 11) is 0. The molecule has 3 heterocycles. The molecule has 0 aromatic heterocycles. The number of carbonyl (C=O) groups is 2. The molecule has 3 aliphatic heterocycles. The molecular formula is C27H21N3O3. The van der Waals surface area contributed by atoms with Crippen LogP contribution in [-0.2, 0) is 4.79 Å². The third kappa shape index (κ3) is 2.80.